The van der Waals surface area contributed by atoms with Crippen LogP contribution in [0.4, 0.5) is 14.5 Å². The monoisotopic (exact) mass is 905 g/mol. The number of amides is 4. The lowest BCUT2D eigenvalue weighted by Crippen LogP contribution is -2.77. The number of para-hydroxylation sites is 2. The number of imidazole rings is 1. The van der Waals surface area contributed by atoms with Crippen molar-refractivity contribution in [1.82, 2.24) is 34.9 Å². The van der Waals surface area contributed by atoms with Gasteiger partial charge in [-0.15, -0.1) is 0 Å². The second-order valence-corrected chi connectivity index (χ2v) is 18.6. The van der Waals surface area contributed by atoms with Crippen molar-refractivity contribution in [1.29, 1.82) is 0 Å². The summed E-state index contributed by atoms with van der Waals surface area (Å²) in [6, 6.07) is 10.6. The van der Waals surface area contributed by atoms with E-state index in [1.807, 2.05) is 40.1 Å². The van der Waals surface area contributed by atoms with E-state index in [1.54, 1.807) is 24.6 Å². The number of hydrogen-bond acceptors (Lipinski definition) is 8. The van der Waals surface area contributed by atoms with E-state index in [0.29, 0.717) is 69.7 Å². The first-order valence-corrected chi connectivity index (χ1v) is 24.0. The molecule has 17 heteroatoms. The number of carbonyl (C=O) groups is 4. The van der Waals surface area contributed by atoms with Gasteiger partial charge in [-0.05, 0) is 87.7 Å². The molecule has 8 N–H and O–H groups in total. The predicted molar refractivity (Wildman–Crippen MR) is 245 cm³/mol. The SMILES string of the molecule is CNCC(C=[NH2+])c1cc2c(cc1C(F)F)N(C([NH3+])C1CN(C(C)=O)CCC1NC1CCN(C(=O)CCCCCCCCn3c(=O)n(C4CCC(=O)NC4=O)c4ccccc43)CC1)CCC2. The van der Waals surface area contributed by atoms with Crippen LogP contribution in [0.2, 0.25) is 0 Å². The molecule has 1 aromatic heterocycles. The van der Waals surface area contributed by atoms with Gasteiger partial charge in [-0.2, -0.15) is 0 Å². The molecule has 354 valence electrons. The number of nitrogens with two attached hydrogens (primary N) is 1. The van der Waals surface area contributed by atoms with E-state index in [9.17, 15) is 32.8 Å². The van der Waals surface area contributed by atoms with E-state index in [0.717, 1.165) is 87.4 Å². The number of unbranched alkanes of at least 4 members (excludes halogenated alkanes) is 5. The van der Waals surface area contributed by atoms with Gasteiger partial charge in [0, 0.05) is 88.9 Å². The molecule has 0 bridgehead atoms. The summed E-state index contributed by atoms with van der Waals surface area (Å²) >= 11 is 0. The lowest BCUT2D eigenvalue weighted by atomic mass is 9.85. The Kier molecular flexibility index (Phi) is 16.2. The molecule has 4 aliphatic rings. The first kappa shape index (κ1) is 47.9. The van der Waals surface area contributed by atoms with Crippen LogP contribution in [0, 0.1) is 5.92 Å². The summed E-state index contributed by atoms with van der Waals surface area (Å²) in [5, 5.41) is 15.3. The van der Waals surface area contributed by atoms with Crippen molar-refractivity contribution < 1.29 is 39.1 Å². The largest absolute Gasteiger partial charge is 0.343 e. The van der Waals surface area contributed by atoms with Crippen molar-refractivity contribution in [3.05, 3.63) is 63.6 Å². The number of alkyl halides is 2. The molecule has 3 aromatic rings. The van der Waals surface area contributed by atoms with Gasteiger partial charge < -0.3 is 31.1 Å². The van der Waals surface area contributed by atoms with Gasteiger partial charge in [0.2, 0.25) is 23.6 Å². The van der Waals surface area contributed by atoms with Crippen LogP contribution in [-0.2, 0) is 32.1 Å². The number of hydrogen-bond donors (Lipinski definition) is 5. The number of halogens is 2. The van der Waals surface area contributed by atoms with Crippen molar-refractivity contribution in [3.63, 3.8) is 0 Å². The van der Waals surface area contributed by atoms with E-state index in [2.05, 4.69) is 26.6 Å². The van der Waals surface area contributed by atoms with Crippen LogP contribution in [0.5, 0.6) is 0 Å². The zero-order valence-corrected chi connectivity index (χ0v) is 38.2. The molecule has 4 aliphatic heterocycles. The number of piperidine rings is 3. The number of rotatable bonds is 19. The van der Waals surface area contributed by atoms with Gasteiger partial charge in [0.05, 0.1) is 22.9 Å². The molecule has 3 saturated heterocycles. The average Bonchev–Trinajstić information content (AvgIpc) is 3.58. The first-order valence-electron chi connectivity index (χ1n) is 24.0. The van der Waals surface area contributed by atoms with Crippen molar-refractivity contribution in [2.45, 2.75) is 140 Å². The molecule has 5 unspecified atom stereocenters. The van der Waals surface area contributed by atoms with Crippen LogP contribution >= 0.6 is 0 Å². The summed E-state index contributed by atoms with van der Waals surface area (Å²) in [6.45, 7) is 5.85. The maximum absolute atomic E-state index is 14.6. The molecule has 0 spiro atoms. The fourth-order valence-electron chi connectivity index (χ4n) is 10.8. The minimum Gasteiger partial charge on any atom is -0.343 e. The number of likely N-dealkylation sites (tertiary alicyclic amines) is 2. The molecule has 3 fully saturated rings. The Labute approximate surface area is 380 Å². The summed E-state index contributed by atoms with van der Waals surface area (Å²) in [5.74, 6) is -0.902. The fraction of sp³-hybridized carbons (Fsp3) is 0.625. The van der Waals surface area contributed by atoms with Crippen LogP contribution in [0.1, 0.15) is 125 Å². The van der Waals surface area contributed by atoms with Gasteiger partial charge in [-0.1, -0.05) is 43.9 Å². The summed E-state index contributed by atoms with van der Waals surface area (Å²) in [4.78, 5) is 69.9. The molecule has 7 rings (SSSR count). The molecule has 0 aliphatic carbocycles. The molecule has 5 heterocycles. The van der Waals surface area contributed by atoms with Gasteiger partial charge in [0.25, 0.3) is 6.43 Å². The number of aryl methyl sites for hydroxylation is 2. The normalized spacial score (nSPS) is 21.7. The van der Waals surface area contributed by atoms with Gasteiger partial charge in [0.15, 0.2) is 6.17 Å². The molecular weight excluding hydrogens is 835 g/mol. The molecule has 65 heavy (non-hydrogen) atoms. The van der Waals surface area contributed by atoms with Gasteiger partial charge in [-0.25, -0.2) is 13.6 Å². The van der Waals surface area contributed by atoms with E-state index >= 15 is 0 Å². The first-order chi connectivity index (χ1) is 31.4. The number of anilines is 1. The number of carbonyl (C=O) groups excluding carboxylic acids is 4. The number of benzene rings is 2. The lowest BCUT2D eigenvalue weighted by molar-refractivity contribution is -0.435. The highest BCUT2D eigenvalue weighted by Gasteiger charge is 2.42. The highest BCUT2D eigenvalue weighted by molar-refractivity contribution is 6.00. The van der Waals surface area contributed by atoms with Crippen molar-refractivity contribution in [2.75, 3.05) is 51.2 Å². The third kappa shape index (κ3) is 11.0. The predicted octanol–water partition coefficient (Wildman–Crippen LogP) is 2.42. The fourth-order valence-corrected chi connectivity index (χ4v) is 10.8. The topological polar surface area (TPSA) is 194 Å². The van der Waals surface area contributed by atoms with Crippen molar-refractivity contribution in [3.8, 4) is 0 Å². The zero-order valence-electron chi connectivity index (χ0n) is 38.2. The standard InChI is InChI=1S/C48H68F2N10O5/c1-31(61)57-25-20-38(37(30-57)46(52)58-22-11-12-32-26-35(33(28-51)29-53-2)36(45(49)50)27-42(32)58)54-34-18-23-56(24-19-34)44(63)15-7-5-3-4-6-10-21-59-39-13-8-9-14-40(39)60(48(59)65)41-16-17-43(62)55-47(41)64/h8-9,13-14,26-28,33-34,37-38,41,45-46,51,53-54H,3-7,10-12,15-25,29-30,52H2,1-2H3,(H,55,62,64)/p+2. The Morgan fingerprint density at radius 3 is 2.31 bits per heavy atom. The smallest absolute Gasteiger partial charge is 0.329 e. The second-order valence-electron chi connectivity index (χ2n) is 18.6. The van der Waals surface area contributed by atoms with Crippen molar-refractivity contribution in [2.24, 2.45) is 5.92 Å². The molecule has 2 aromatic carbocycles. The molecule has 15 nitrogen and oxygen atoms in total. The number of nitrogens with one attached hydrogen (secondary N) is 3. The van der Waals surface area contributed by atoms with E-state index in [1.165, 1.54) is 10.8 Å². The number of imide groups is 1. The summed E-state index contributed by atoms with van der Waals surface area (Å²) in [5.41, 5.74) is 8.30. The molecule has 5 atom stereocenters. The lowest BCUT2D eigenvalue weighted by Gasteiger charge is -2.46. The number of fused-ring (bicyclic) bond motifs is 2. The van der Waals surface area contributed by atoms with Gasteiger partial charge in [-0.3, -0.25) is 39.0 Å². The van der Waals surface area contributed by atoms with Gasteiger partial charge in [0.1, 0.15) is 12.3 Å². The number of aromatic nitrogens is 2. The number of quaternary nitrogens is 1. The molecule has 0 radical (unpaired) electrons. The number of nitrogens with zero attached hydrogens (tertiary/aromatic N) is 5. The minimum absolute atomic E-state index is 0.00562. The Bertz CT molecular complexity index is 2240. The van der Waals surface area contributed by atoms with E-state index < -0.39 is 18.4 Å². The van der Waals surface area contributed by atoms with Crippen LogP contribution in [-0.4, -0.2) is 113 Å². The maximum atomic E-state index is 14.6. The Balaban J connectivity index is 0.866. The van der Waals surface area contributed by atoms with Crippen LogP contribution in [0.25, 0.3) is 11.0 Å². The van der Waals surface area contributed by atoms with Crippen LogP contribution in [0.15, 0.2) is 41.2 Å². The highest BCUT2D eigenvalue weighted by atomic mass is 19.3. The van der Waals surface area contributed by atoms with E-state index in [4.69, 9.17) is 5.41 Å². The maximum Gasteiger partial charge on any atom is 0.329 e. The summed E-state index contributed by atoms with van der Waals surface area (Å²) in [6.07, 6.45) is 9.26. The molecule has 4 amide bonds. The van der Waals surface area contributed by atoms with Gasteiger partial charge >= 0.3 is 5.69 Å². The van der Waals surface area contributed by atoms with E-state index in [-0.39, 0.29) is 65.5 Å². The molecule has 0 saturated carbocycles. The summed E-state index contributed by atoms with van der Waals surface area (Å²) in [7, 11) is 1.79. The van der Waals surface area contributed by atoms with Crippen LogP contribution < -0.4 is 37.7 Å². The Morgan fingerprint density at radius 2 is 1.62 bits per heavy atom. The third-order valence-corrected chi connectivity index (χ3v) is 14.4. The second kappa shape index (κ2) is 22.0. The Morgan fingerprint density at radius 1 is 0.908 bits per heavy atom. The average molecular weight is 905 g/mol. The Hall–Kier alpha value is -5.00. The number of likely N-dealkylation sites (N-methyl/N-ethyl adjacent to an activating group) is 1. The summed E-state index contributed by atoms with van der Waals surface area (Å²) < 4.78 is 32.5. The minimum atomic E-state index is -2.66. The molecular formula is C48H70F2N10O5+2. The third-order valence-electron chi connectivity index (χ3n) is 14.4. The quantitative estimate of drug-likeness (QED) is 0.0688. The highest BCUT2D eigenvalue weighted by Crippen LogP contribution is 2.38. The zero-order chi connectivity index (χ0) is 46.2. The van der Waals surface area contributed by atoms with Crippen LogP contribution in [0.3, 0.4) is 0 Å². The van der Waals surface area contributed by atoms with Crippen molar-refractivity contribution >= 4 is 46.6 Å².